The van der Waals surface area contributed by atoms with Crippen LogP contribution in [0.3, 0.4) is 0 Å². The van der Waals surface area contributed by atoms with E-state index in [1.54, 1.807) is 6.20 Å². The second kappa shape index (κ2) is 9.37. The summed E-state index contributed by atoms with van der Waals surface area (Å²) in [5.41, 5.74) is 0.901. The standard InChI is InChI=1S/C24H28ClFN6O2/c1-14(2)32-24(34-18-6-7-21(26)20(25)9-18)28-22(30-32)10-19-15-4-5-16(19)13-31(12-15)17-8-23(33-3)29-27-11-17/h6-9,11,14-16,19H,4-5,10,12-13H2,1-3H3/t15-,16+,19?/i1D3,2D3,14D. The number of methoxy groups -OCH3 is 1. The number of ether oxygens (including phenoxy) is 2. The van der Waals surface area contributed by atoms with Gasteiger partial charge in [0.1, 0.15) is 11.6 Å². The summed E-state index contributed by atoms with van der Waals surface area (Å²) in [6, 6.07) is 1.53. The van der Waals surface area contributed by atoms with Gasteiger partial charge in [-0.1, -0.05) is 11.6 Å². The van der Waals surface area contributed by atoms with Crippen molar-refractivity contribution in [3.8, 4) is 17.6 Å². The number of nitrogens with zero attached hydrogens (tertiary/aromatic N) is 6. The minimum atomic E-state index is -3.33. The van der Waals surface area contributed by atoms with Gasteiger partial charge in [0, 0.05) is 39.9 Å². The van der Waals surface area contributed by atoms with Crippen molar-refractivity contribution in [1.82, 2.24) is 25.0 Å². The fourth-order valence-electron chi connectivity index (χ4n) is 4.98. The van der Waals surface area contributed by atoms with E-state index in [1.165, 1.54) is 13.2 Å². The number of piperidine rings is 1. The highest BCUT2D eigenvalue weighted by molar-refractivity contribution is 6.30. The fraction of sp³-hybridized carbons (Fsp3) is 0.500. The van der Waals surface area contributed by atoms with Gasteiger partial charge in [0.15, 0.2) is 5.82 Å². The van der Waals surface area contributed by atoms with Gasteiger partial charge in [0.25, 0.3) is 0 Å². The molecule has 2 aromatic heterocycles. The molecular formula is C24H28ClFN6O2. The fourth-order valence-corrected chi connectivity index (χ4v) is 5.15. The molecule has 34 heavy (non-hydrogen) atoms. The predicted octanol–water partition coefficient (Wildman–Crippen LogP) is 4.95. The van der Waals surface area contributed by atoms with Crippen molar-refractivity contribution in [2.24, 2.45) is 17.8 Å². The molecule has 1 unspecified atom stereocenters. The van der Waals surface area contributed by atoms with E-state index in [9.17, 15) is 4.39 Å². The van der Waals surface area contributed by atoms with Crippen LogP contribution in [-0.4, -0.2) is 45.2 Å². The zero-order chi connectivity index (χ0) is 29.7. The van der Waals surface area contributed by atoms with Gasteiger partial charge in [-0.05, 0) is 56.4 Å². The van der Waals surface area contributed by atoms with Crippen LogP contribution in [0.4, 0.5) is 10.1 Å². The van der Waals surface area contributed by atoms with E-state index in [1.807, 2.05) is 6.07 Å². The van der Waals surface area contributed by atoms with Crippen molar-refractivity contribution < 1.29 is 23.5 Å². The molecule has 0 amide bonds. The average Bonchev–Trinajstić information content (AvgIpc) is 3.39. The molecule has 1 aromatic carbocycles. The van der Waals surface area contributed by atoms with E-state index in [-0.39, 0.29) is 34.4 Å². The first-order chi connectivity index (χ1) is 19.2. The number of halogens is 2. The molecule has 1 saturated heterocycles. The number of hydrogen-bond donors (Lipinski definition) is 0. The Morgan fingerprint density at radius 3 is 2.76 bits per heavy atom. The summed E-state index contributed by atoms with van der Waals surface area (Å²) in [6.07, 6.45) is 3.94. The lowest BCUT2D eigenvalue weighted by Crippen LogP contribution is -2.42. The third-order valence-corrected chi connectivity index (χ3v) is 6.86. The molecule has 1 aliphatic carbocycles. The lowest BCUT2D eigenvalue weighted by atomic mass is 9.82. The molecule has 3 atom stereocenters. The van der Waals surface area contributed by atoms with Crippen LogP contribution in [-0.2, 0) is 6.42 Å². The number of anilines is 1. The Hall–Kier alpha value is -2.94. The Labute approximate surface area is 212 Å². The molecule has 2 bridgehead atoms. The van der Waals surface area contributed by atoms with Gasteiger partial charge >= 0.3 is 6.01 Å². The monoisotopic (exact) mass is 493 g/mol. The second-order valence-electron chi connectivity index (χ2n) is 8.58. The summed E-state index contributed by atoms with van der Waals surface area (Å²) >= 11 is 5.87. The highest BCUT2D eigenvalue weighted by atomic mass is 35.5. The van der Waals surface area contributed by atoms with Gasteiger partial charge in [-0.3, -0.25) is 0 Å². The van der Waals surface area contributed by atoms with Gasteiger partial charge in [-0.2, -0.15) is 15.2 Å². The molecule has 0 spiro atoms. The molecule has 1 aliphatic heterocycles. The minimum absolute atomic E-state index is 0.0233. The third kappa shape index (κ3) is 4.53. The van der Waals surface area contributed by atoms with Crippen LogP contribution in [0.25, 0.3) is 0 Å². The zero-order valence-electron chi connectivity index (χ0n) is 25.4. The Bertz CT molecular complexity index is 1390. The maximum absolute atomic E-state index is 13.7. The van der Waals surface area contributed by atoms with Crippen molar-refractivity contribution in [3.63, 3.8) is 0 Å². The van der Waals surface area contributed by atoms with E-state index < -0.39 is 31.5 Å². The summed E-state index contributed by atoms with van der Waals surface area (Å²) in [4.78, 5) is 6.59. The van der Waals surface area contributed by atoms with E-state index in [0.717, 1.165) is 43.8 Å². The van der Waals surface area contributed by atoms with Crippen LogP contribution in [0.15, 0.2) is 30.5 Å². The van der Waals surface area contributed by atoms with E-state index in [4.69, 9.17) is 30.7 Å². The van der Waals surface area contributed by atoms with Gasteiger partial charge < -0.3 is 14.4 Å². The molecular weight excluding hydrogens is 459 g/mol. The van der Waals surface area contributed by atoms with Crippen molar-refractivity contribution >= 4 is 17.3 Å². The summed E-state index contributed by atoms with van der Waals surface area (Å²) in [7, 11) is 1.53. The highest BCUT2D eigenvalue weighted by Crippen LogP contribution is 2.44. The lowest BCUT2D eigenvalue weighted by molar-refractivity contribution is 0.265. The summed E-state index contributed by atoms with van der Waals surface area (Å²) in [5.74, 6) is 0.489. The van der Waals surface area contributed by atoms with Crippen LogP contribution in [0, 0.1) is 23.6 Å². The van der Waals surface area contributed by atoms with Gasteiger partial charge in [-0.15, -0.1) is 5.10 Å². The SMILES string of the molecule is [2H]C([2H])([2H])C([2H])(n1nc(CC2[C@@H]3CC[C@H]2CN(c2cnnc(OC)c2)C3)nc1Oc1ccc(F)c(Cl)c1)C([2H])([2H])[2H]. The Kier molecular flexibility index (Phi) is 4.37. The molecule has 8 nitrogen and oxygen atoms in total. The van der Waals surface area contributed by atoms with Gasteiger partial charge in [0.05, 0.1) is 31.4 Å². The Balaban J connectivity index is 1.46. The van der Waals surface area contributed by atoms with Crippen LogP contribution in [0.1, 0.15) is 48.0 Å². The number of aromatic nitrogens is 5. The van der Waals surface area contributed by atoms with Crippen LogP contribution < -0.4 is 14.4 Å². The van der Waals surface area contributed by atoms with Gasteiger partial charge in [0.2, 0.25) is 5.88 Å². The number of benzene rings is 1. The first kappa shape index (κ1) is 15.9. The number of rotatable bonds is 7. The maximum Gasteiger partial charge on any atom is 0.320 e. The molecule has 5 rings (SSSR count). The second-order valence-corrected chi connectivity index (χ2v) is 8.98. The summed E-state index contributed by atoms with van der Waals surface area (Å²) < 4.78 is 81.4. The molecule has 1 saturated carbocycles. The first-order valence-electron chi connectivity index (χ1n) is 14.4. The van der Waals surface area contributed by atoms with Crippen molar-refractivity contribution in [3.05, 3.63) is 47.1 Å². The summed E-state index contributed by atoms with van der Waals surface area (Å²) in [6.45, 7) is -5.18. The number of hydrogen-bond acceptors (Lipinski definition) is 7. The van der Waals surface area contributed by atoms with Gasteiger partial charge in [-0.25, -0.2) is 9.07 Å². The molecule has 0 N–H and O–H groups in total. The quantitative estimate of drug-likeness (QED) is 0.461. The molecule has 180 valence electrons. The Morgan fingerprint density at radius 2 is 2.06 bits per heavy atom. The highest BCUT2D eigenvalue weighted by Gasteiger charge is 2.42. The Morgan fingerprint density at radius 1 is 1.26 bits per heavy atom. The zero-order valence-corrected chi connectivity index (χ0v) is 19.2. The van der Waals surface area contributed by atoms with Crippen molar-refractivity contribution in [1.29, 1.82) is 0 Å². The third-order valence-electron chi connectivity index (χ3n) is 6.57. The topological polar surface area (TPSA) is 78.2 Å². The van der Waals surface area contributed by atoms with Crippen LogP contribution >= 0.6 is 11.6 Å². The molecule has 2 fully saturated rings. The summed E-state index contributed by atoms with van der Waals surface area (Å²) in [5, 5.41) is 11.9. The van der Waals surface area contributed by atoms with Crippen LogP contribution in [0.2, 0.25) is 5.02 Å². The largest absolute Gasteiger partial charge is 0.480 e. The van der Waals surface area contributed by atoms with E-state index in [0.29, 0.717) is 17.0 Å². The minimum Gasteiger partial charge on any atom is -0.480 e. The first-order valence-corrected chi connectivity index (χ1v) is 11.3. The molecule has 2 aliphatic rings. The smallest absolute Gasteiger partial charge is 0.320 e. The normalized spacial score (nSPS) is 25.9. The molecule has 3 heterocycles. The predicted molar refractivity (Wildman–Crippen MR) is 126 cm³/mol. The van der Waals surface area contributed by atoms with E-state index in [2.05, 4.69) is 25.2 Å². The van der Waals surface area contributed by atoms with Crippen LogP contribution in [0.5, 0.6) is 17.6 Å². The van der Waals surface area contributed by atoms with Crippen molar-refractivity contribution in [2.75, 3.05) is 25.1 Å². The molecule has 3 aromatic rings. The maximum atomic E-state index is 13.7. The number of fused-ring (bicyclic) bond motifs is 2. The average molecular weight is 494 g/mol. The van der Waals surface area contributed by atoms with Crippen molar-refractivity contribution in [2.45, 2.75) is 39.0 Å². The molecule has 0 radical (unpaired) electrons. The lowest BCUT2D eigenvalue weighted by Gasteiger charge is -2.38. The molecule has 10 heteroatoms. The van der Waals surface area contributed by atoms with E-state index >= 15 is 0 Å².